The Morgan fingerprint density at radius 3 is 2.86 bits per heavy atom. The summed E-state index contributed by atoms with van der Waals surface area (Å²) in [6.07, 6.45) is 6.92. The quantitative estimate of drug-likeness (QED) is 0.539. The van der Waals surface area contributed by atoms with Gasteiger partial charge >= 0.3 is 0 Å². The van der Waals surface area contributed by atoms with Crippen molar-refractivity contribution >= 4 is 22.8 Å². The lowest BCUT2D eigenvalue weighted by atomic mass is 10.1. The number of hydrogen-bond acceptors (Lipinski definition) is 2. The number of hydrogen-bond donors (Lipinski definition) is 0. The Balaban J connectivity index is 1.78. The van der Waals surface area contributed by atoms with E-state index in [2.05, 4.69) is 9.55 Å². The number of carbonyl (C=O) groups excluding carboxylic acids is 1. The molecule has 21 heavy (non-hydrogen) atoms. The van der Waals surface area contributed by atoms with Gasteiger partial charge in [0.2, 0.25) is 0 Å². The predicted octanol–water partition coefficient (Wildman–Crippen LogP) is 3.15. The summed E-state index contributed by atoms with van der Waals surface area (Å²) in [5, 5.41) is 0.983. The van der Waals surface area contributed by atoms with E-state index in [9.17, 15) is 4.79 Å². The first kappa shape index (κ1) is 11.9. The van der Waals surface area contributed by atoms with Crippen LogP contribution in [0.1, 0.15) is 16.1 Å². The van der Waals surface area contributed by atoms with Crippen LogP contribution in [0.15, 0.2) is 61.1 Å². The first-order valence-corrected chi connectivity index (χ1v) is 6.81. The van der Waals surface area contributed by atoms with Crippen molar-refractivity contribution in [2.75, 3.05) is 0 Å². The first-order valence-electron chi connectivity index (χ1n) is 6.81. The van der Waals surface area contributed by atoms with Crippen molar-refractivity contribution in [3.8, 4) is 0 Å². The van der Waals surface area contributed by atoms with Crippen molar-refractivity contribution in [3.05, 3.63) is 72.3 Å². The lowest BCUT2D eigenvalue weighted by Crippen LogP contribution is -1.98. The number of imidazole rings is 1. The van der Waals surface area contributed by atoms with E-state index in [1.54, 1.807) is 0 Å². The summed E-state index contributed by atoms with van der Waals surface area (Å²) in [5.74, 6) is 0. The molecule has 0 saturated heterocycles. The molecule has 1 aromatic carbocycles. The molecule has 0 radical (unpaired) electrons. The molecule has 0 saturated carbocycles. The van der Waals surface area contributed by atoms with Gasteiger partial charge in [-0.25, -0.2) is 4.98 Å². The van der Waals surface area contributed by atoms with Crippen LogP contribution in [-0.4, -0.2) is 20.2 Å². The molecule has 0 aliphatic rings. The number of rotatable bonds is 3. The summed E-state index contributed by atoms with van der Waals surface area (Å²) in [4.78, 5) is 15.7. The molecule has 0 fully saturated rings. The summed E-state index contributed by atoms with van der Waals surface area (Å²) in [6, 6.07) is 13.7. The highest BCUT2D eigenvalue weighted by Gasteiger charge is 2.07. The van der Waals surface area contributed by atoms with Crippen molar-refractivity contribution in [2.24, 2.45) is 0 Å². The fourth-order valence-corrected chi connectivity index (χ4v) is 2.73. The van der Waals surface area contributed by atoms with Gasteiger partial charge in [0.1, 0.15) is 5.65 Å². The topological polar surface area (TPSA) is 39.3 Å². The minimum absolute atomic E-state index is 0.688. The van der Waals surface area contributed by atoms with E-state index in [1.807, 2.05) is 65.5 Å². The second-order valence-corrected chi connectivity index (χ2v) is 5.04. The molecule has 0 aliphatic carbocycles. The molecule has 4 nitrogen and oxygen atoms in total. The maximum absolute atomic E-state index is 11.1. The van der Waals surface area contributed by atoms with Crippen LogP contribution < -0.4 is 0 Å². The summed E-state index contributed by atoms with van der Waals surface area (Å²) in [5.41, 5.74) is 3.71. The van der Waals surface area contributed by atoms with Gasteiger partial charge in [-0.2, -0.15) is 0 Å². The highest BCUT2D eigenvalue weighted by Crippen LogP contribution is 2.20. The van der Waals surface area contributed by atoms with Crippen molar-refractivity contribution in [3.63, 3.8) is 0 Å². The Labute approximate surface area is 121 Å². The fourth-order valence-electron chi connectivity index (χ4n) is 2.73. The molecule has 3 heterocycles. The average molecular weight is 275 g/mol. The van der Waals surface area contributed by atoms with Crippen LogP contribution in [0.4, 0.5) is 0 Å². The molecule has 4 aromatic rings. The number of pyridine rings is 1. The highest BCUT2D eigenvalue weighted by atomic mass is 16.1. The van der Waals surface area contributed by atoms with Crippen LogP contribution in [0.2, 0.25) is 0 Å². The summed E-state index contributed by atoms with van der Waals surface area (Å²) in [7, 11) is 0. The van der Waals surface area contributed by atoms with Gasteiger partial charge in [-0.3, -0.25) is 4.79 Å². The van der Waals surface area contributed by atoms with E-state index < -0.39 is 0 Å². The molecule has 0 atom stereocenters. The number of nitrogens with zero attached hydrogens (tertiary/aromatic N) is 3. The Morgan fingerprint density at radius 2 is 2.00 bits per heavy atom. The van der Waals surface area contributed by atoms with Crippen LogP contribution >= 0.6 is 0 Å². The van der Waals surface area contributed by atoms with Gasteiger partial charge in [-0.15, -0.1) is 0 Å². The molecule has 4 rings (SSSR count). The van der Waals surface area contributed by atoms with Gasteiger partial charge < -0.3 is 8.97 Å². The zero-order valence-corrected chi connectivity index (χ0v) is 11.3. The number of aromatic nitrogens is 3. The maximum atomic E-state index is 11.1. The van der Waals surface area contributed by atoms with E-state index >= 15 is 0 Å². The van der Waals surface area contributed by atoms with Gasteiger partial charge in [0, 0.05) is 35.1 Å². The third-order valence-electron chi connectivity index (χ3n) is 3.72. The fraction of sp³-hybridized carbons (Fsp3) is 0.0588. The van der Waals surface area contributed by atoms with E-state index in [0.29, 0.717) is 6.54 Å². The molecular formula is C17H13N3O. The summed E-state index contributed by atoms with van der Waals surface area (Å²) < 4.78 is 4.13. The molecule has 0 bridgehead atoms. The Kier molecular flexibility index (Phi) is 2.60. The monoisotopic (exact) mass is 275 g/mol. The lowest BCUT2D eigenvalue weighted by Gasteiger charge is -2.03. The molecule has 0 amide bonds. The third-order valence-corrected chi connectivity index (χ3v) is 3.72. The molecule has 3 aromatic heterocycles. The van der Waals surface area contributed by atoms with Gasteiger partial charge in [-0.1, -0.05) is 18.2 Å². The largest absolute Gasteiger partial charge is 0.341 e. The minimum Gasteiger partial charge on any atom is -0.341 e. The average Bonchev–Trinajstić information content (AvgIpc) is 3.11. The third kappa shape index (κ3) is 1.92. The molecule has 0 unspecified atom stereocenters. The second-order valence-electron chi connectivity index (χ2n) is 5.04. The molecule has 0 aliphatic heterocycles. The second kappa shape index (κ2) is 4.59. The predicted molar refractivity (Wildman–Crippen MR) is 81.6 cm³/mol. The molecule has 0 spiro atoms. The van der Waals surface area contributed by atoms with Gasteiger partial charge in [0.15, 0.2) is 6.29 Å². The first-order chi connectivity index (χ1) is 10.3. The molecule has 4 heteroatoms. The lowest BCUT2D eigenvalue weighted by molar-refractivity contribution is 0.112. The number of carbonyl (C=O) groups is 1. The molecule has 0 N–H and O–H groups in total. The van der Waals surface area contributed by atoms with Crippen LogP contribution in [0.5, 0.6) is 0 Å². The maximum Gasteiger partial charge on any atom is 0.150 e. The molecular weight excluding hydrogens is 262 g/mol. The van der Waals surface area contributed by atoms with E-state index in [-0.39, 0.29) is 0 Å². The van der Waals surface area contributed by atoms with Gasteiger partial charge in [-0.05, 0) is 24.3 Å². The Morgan fingerprint density at radius 1 is 1.05 bits per heavy atom. The molecule has 102 valence electrons. The van der Waals surface area contributed by atoms with Crippen molar-refractivity contribution < 1.29 is 4.79 Å². The van der Waals surface area contributed by atoms with Crippen LogP contribution in [-0.2, 0) is 6.54 Å². The Hall–Kier alpha value is -2.88. The van der Waals surface area contributed by atoms with Gasteiger partial charge in [0.05, 0.1) is 12.2 Å². The summed E-state index contributed by atoms with van der Waals surface area (Å²) >= 11 is 0. The SMILES string of the molecule is O=Cc1cccc2c1ccn2Cc1cn2ccccc2n1. The van der Waals surface area contributed by atoms with Crippen LogP contribution in [0, 0.1) is 0 Å². The van der Waals surface area contributed by atoms with Crippen molar-refractivity contribution in [1.82, 2.24) is 14.0 Å². The Bertz CT molecular complexity index is 916. The zero-order chi connectivity index (χ0) is 14.2. The normalized spacial score (nSPS) is 11.2. The smallest absolute Gasteiger partial charge is 0.150 e. The minimum atomic E-state index is 0.688. The van der Waals surface area contributed by atoms with E-state index in [4.69, 9.17) is 0 Å². The van der Waals surface area contributed by atoms with Gasteiger partial charge in [0.25, 0.3) is 0 Å². The number of benzene rings is 1. The van der Waals surface area contributed by atoms with Crippen LogP contribution in [0.25, 0.3) is 16.6 Å². The standard InChI is InChI=1S/C17H13N3O/c21-12-13-4-3-5-16-15(13)7-9-19(16)10-14-11-20-8-2-1-6-17(20)18-14/h1-9,11-12H,10H2. The van der Waals surface area contributed by atoms with E-state index in [0.717, 1.165) is 34.1 Å². The highest BCUT2D eigenvalue weighted by molar-refractivity contribution is 5.97. The number of aldehydes is 1. The zero-order valence-electron chi connectivity index (χ0n) is 11.3. The van der Waals surface area contributed by atoms with Crippen LogP contribution in [0.3, 0.4) is 0 Å². The van der Waals surface area contributed by atoms with Crippen molar-refractivity contribution in [2.45, 2.75) is 6.54 Å². The summed E-state index contributed by atoms with van der Waals surface area (Å²) in [6.45, 7) is 0.688. The number of fused-ring (bicyclic) bond motifs is 2. The van der Waals surface area contributed by atoms with Crippen molar-refractivity contribution in [1.29, 1.82) is 0 Å². The van der Waals surface area contributed by atoms with E-state index in [1.165, 1.54) is 0 Å².